The molecule has 0 unspecified atom stereocenters. The lowest BCUT2D eigenvalue weighted by molar-refractivity contribution is 0.515. The molecule has 0 spiro atoms. The molecule has 0 aliphatic heterocycles. The molecule has 1 aromatic heterocycles. The van der Waals surface area contributed by atoms with Crippen molar-refractivity contribution in [3.63, 3.8) is 0 Å². The number of fused-ring (bicyclic) bond motifs is 1. The van der Waals surface area contributed by atoms with Crippen molar-refractivity contribution < 1.29 is 0 Å². The lowest BCUT2D eigenvalue weighted by Crippen LogP contribution is -1.99. The zero-order chi connectivity index (χ0) is 14.5. The summed E-state index contributed by atoms with van der Waals surface area (Å²) in [5.41, 5.74) is 2.70. The van der Waals surface area contributed by atoms with Gasteiger partial charge in [-0.05, 0) is 59.0 Å². The van der Waals surface area contributed by atoms with Crippen molar-refractivity contribution in [3.8, 4) is 0 Å². The van der Waals surface area contributed by atoms with Gasteiger partial charge in [0.15, 0.2) is 0 Å². The number of nitrogens with one attached hydrogen (secondary N) is 1. The van der Waals surface area contributed by atoms with Crippen molar-refractivity contribution >= 4 is 33.5 Å². The van der Waals surface area contributed by atoms with Gasteiger partial charge in [-0.1, -0.05) is 57.4 Å². The van der Waals surface area contributed by atoms with Gasteiger partial charge in [-0.15, -0.1) is 0 Å². The first-order chi connectivity index (χ1) is 10.3. The number of halogens is 1. The van der Waals surface area contributed by atoms with Crippen LogP contribution in [0.15, 0.2) is 18.2 Å². The molecular weight excluding hydrogens is 371 g/mol. The number of hydrogen-bond acceptors (Lipinski definition) is 1. The summed E-state index contributed by atoms with van der Waals surface area (Å²) >= 11 is 2.33. The average molecular weight is 396 g/mol. The molecule has 1 N–H and O–H groups in total. The van der Waals surface area contributed by atoms with Gasteiger partial charge in [-0.25, -0.2) is 0 Å². The van der Waals surface area contributed by atoms with Gasteiger partial charge in [0.2, 0.25) is 0 Å². The molecule has 0 amide bonds. The molecule has 0 bridgehead atoms. The van der Waals surface area contributed by atoms with Crippen molar-refractivity contribution in [2.75, 3.05) is 0 Å². The lowest BCUT2D eigenvalue weighted by atomic mass is 9.88. The summed E-state index contributed by atoms with van der Waals surface area (Å²) in [4.78, 5) is 0. The van der Waals surface area contributed by atoms with E-state index in [1.165, 1.54) is 80.7 Å². The van der Waals surface area contributed by atoms with E-state index in [0.717, 1.165) is 9.62 Å². The van der Waals surface area contributed by atoms with Crippen LogP contribution in [0.3, 0.4) is 0 Å². The molecule has 1 heterocycles. The molecular formula is C18H25IN2. The van der Waals surface area contributed by atoms with E-state index < -0.39 is 0 Å². The maximum Gasteiger partial charge on any atom is 0.130 e. The van der Waals surface area contributed by atoms with Crippen molar-refractivity contribution in [1.82, 2.24) is 10.2 Å². The Balaban J connectivity index is 1.77. The Kier molecular flexibility index (Phi) is 5.55. The van der Waals surface area contributed by atoms with Crippen LogP contribution in [0.2, 0.25) is 0 Å². The Morgan fingerprint density at radius 3 is 2.19 bits per heavy atom. The first kappa shape index (κ1) is 15.3. The smallest absolute Gasteiger partial charge is 0.130 e. The number of benzene rings is 1. The van der Waals surface area contributed by atoms with Gasteiger partial charge < -0.3 is 0 Å². The zero-order valence-corrected chi connectivity index (χ0v) is 14.9. The standard InChI is InChI=1S/C18H25IN2/c19-18-16-13-15(11-12-17(16)20-21-18)14-9-7-5-3-1-2-4-6-8-10-14/h11-14H,1-10H2,(H,20,21). The molecule has 3 rings (SSSR count). The highest BCUT2D eigenvalue weighted by molar-refractivity contribution is 14.1. The van der Waals surface area contributed by atoms with E-state index in [-0.39, 0.29) is 0 Å². The predicted molar refractivity (Wildman–Crippen MR) is 97.7 cm³/mol. The van der Waals surface area contributed by atoms with Crippen LogP contribution >= 0.6 is 22.6 Å². The second-order valence-electron chi connectivity index (χ2n) is 6.42. The van der Waals surface area contributed by atoms with Gasteiger partial charge in [-0.2, -0.15) is 5.10 Å². The topological polar surface area (TPSA) is 28.7 Å². The van der Waals surface area contributed by atoms with Crippen LogP contribution in [0, 0.1) is 3.70 Å². The number of hydrogen-bond donors (Lipinski definition) is 1. The van der Waals surface area contributed by atoms with Crippen LogP contribution in [-0.4, -0.2) is 10.2 Å². The van der Waals surface area contributed by atoms with Gasteiger partial charge in [0.25, 0.3) is 0 Å². The second kappa shape index (κ2) is 7.61. The molecule has 1 saturated carbocycles. The summed E-state index contributed by atoms with van der Waals surface area (Å²) in [5, 5.41) is 8.72. The molecule has 114 valence electrons. The Hall–Kier alpha value is -0.580. The van der Waals surface area contributed by atoms with E-state index in [9.17, 15) is 0 Å². The minimum atomic E-state index is 0.748. The average Bonchev–Trinajstić information content (AvgIpc) is 2.84. The highest BCUT2D eigenvalue weighted by Crippen LogP contribution is 2.32. The number of H-pyrrole nitrogens is 1. The molecule has 0 radical (unpaired) electrons. The van der Waals surface area contributed by atoms with Crippen LogP contribution in [0.5, 0.6) is 0 Å². The summed E-state index contributed by atoms with van der Waals surface area (Å²) in [5.74, 6) is 0.748. The fourth-order valence-electron chi connectivity index (χ4n) is 3.57. The van der Waals surface area contributed by atoms with Crippen molar-refractivity contribution in [3.05, 3.63) is 27.5 Å². The van der Waals surface area contributed by atoms with Crippen LogP contribution in [0.25, 0.3) is 10.9 Å². The Labute approximate surface area is 141 Å². The molecule has 0 atom stereocenters. The van der Waals surface area contributed by atoms with E-state index in [4.69, 9.17) is 0 Å². The molecule has 3 heteroatoms. The third-order valence-corrected chi connectivity index (χ3v) is 5.69. The van der Waals surface area contributed by atoms with Crippen LogP contribution in [0.4, 0.5) is 0 Å². The highest BCUT2D eigenvalue weighted by atomic mass is 127. The fraction of sp³-hybridized carbons (Fsp3) is 0.611. The van der Waals surface area contributed by atoms with Gasteiger partial charge in [0.05, 0.1) is 5.52 Å². The molecule has 2 aromatic rings. The lowest BCUT2D eigenvalue weighted by Gasteiger charge is -2.17. The Bertz CT molecular complexity index is 564. The fourth-order valence-corrected chi connectivity index (χ4v) is 4.14. The van der Waals surface area contributed by atoms with E-state index in [2.05, 4.69) is 51.0 Å². The van der Waals surface area contributed by atoms with Gasteiger partial charge in [-0.3, -0.25) is 5.10 Å². The minimum Gasteiger partial charge on any atom is -0.277 e. The number of rotatable bonds is 1. The molecule has 2 nitrogen and oxygen atoms in total. The van der Waals surface area contributed by atoms with Crippen molar-refractivity contribution in [2.24, 2.45) is 0 Å². The van der Waals surface area contributed by atoms with Crippen molar-refractivity contribution in [1.29, 1.82) is 0 Å². The van der Waals surface area contributed by atoms with Gasteiger partial charge in [0.1, 0.15) is 3.70 Å². The van der Waals surface area contributed by atoms with E-state index in [1.807, 2.05) is 0 Å². The van der Waals surface area contributed by atoms with Crippen molar-refractivity contribution in [2.45, 2.75) is 70.1 Å². The summed E-state index contributed by atoms with van der Waals surface area (Å²) in [6, 6.07) is 6.91. The van der Waals surface area contributed by atoms with Crippen LogP contribution < -0.4 is 0 Å². The Morgan fingerprint density at radius 1 is 0.905 bits per heavy atom. The third kappa shape index (κ3) is 3.99. The van der Waals surface area contributed by atoms with E-state index in [0.29, 0.717) is 0 Å². The van der Waals surface area contributed by atoms with Crippen LogP contribution in [0.1, 0.15) is 75.7 Å². The molecule has 1 fully saturated rings. The maximum atomic E-state index is 4.32. The van der Waals surface area contributed by atoms with Crippen LogP contribution in [-0.2, 0) is 0 Å². The monoisotopic (exact) mass is 396 g/mol. The molecule has 1 aliphatic carbocycles. The third-order valence-electron chi connectivity index (χ3n) is 4.87. The summed E-state index contributed by atoms with van der Waals surface area (Å²) in [6.45, 7) is 0. The van der Waals surface area contributed by atoms with Gasteiger partial charge >= 0.3 is 0 Å². The summed E-state index contributed by atoms with van der Waals surface area (Å²) in [6.07, 6.45) is 14.1. The predicted octanol–water partition coefficient (Wildman–Crippen LogP) is 6.17. The van der Waals surface area contributed by atoms with E-state index >= 15 is 0 Å². The SMILES string of the molecule is Ic1n[nH]c2ccc(C3CCCCCCCCCC3)cc12. The summed E-state index contributed by atoms with van der Waals surface area (Å²) < 4.78 is 1.10. The second-order valence-corrected chi connectivity index (χ2v) is 7.44. The number of aromatic nitrogens is 2. The number of nitrogens with zero attached hydrogens (tertiary/aromatic N) is 1. The molecule has 1 aromatic carbocycles. The first-order valence-corrected chi connectivity index (χ1v) is 9.56. The summed E-state index contributed by atoms with van der Waals surface area (Å²) in [7, 11) is 0. The normalized spacial score (nSPS) is 19.5. The zero-order valence-electron chi connectivity index (χ0n) is 12.7. The number of aromatic amines is 1. The van der Waals surface area contributed by atoms with E-state index in [1.54, 1.807) is 0 Å². The maximum absolute atomic E-state index is 4.32. The first-order valence-electron chi connectivity index (χ1n) is 8.48. The minimum absolute atomic E-state index is 0.748. The molecule has 0 saturated heterocycles. The molecule has 21 heavy (non-hydrogen) atoms. The van der Waals surface area contributed by atoms with Gasteiger partial charge in [0, 0.05) is 5.39 Å². The Morgan fingerprint density at radius 2 is 1.52 bits per heavy atom. The molecule has 1 aliphatic rings. The highest BCUT2D eigenvalue weighted by Gasteiger charge is 2.14. The largest absolute Gasteiger partial charge is 0.277 e. The quantitative estimate of drug-likeness (QED) is 0.574.